The zero-order valence-corrected chi connectivity index (χ0v) is 13.1. The number of hydrogen-bond acceptors (Lipinski definition) is 2. The fraction of sp³-hybridized carbons (Fsp3) is 0.688. The van der Waals surface area contributed by atoms with Crippen molar-refractivity contribution < 1.29 is 4.79 Å². The molecule has 1 aromatic heterocycles. The van der Waals surface area contributed by atoms with Gasteiger partial charge in [-0.25, -0.2) is 4.79 Å². The molecule has 0 saturated carbocycles. The van der Waals surface area contributed by atoms with Crippen LogP contribution in [0.4, 0.5) is 4.79 Å². The summed E-state index contributed by atoms with van der Waals surface area (Å²) < 4.78 is 2.38. The summed E-state index contributed by atoms with van der Waals surface area (Å²) in [6.07, 6.45) is 3.41. The van der Waals surface area contributed by atoms with Crippen molar-refractivity contribution in [3.63, 3.8) is 0 Å². The molecular weight excluding hydrogens is 264 g/mol. The number of hydrogen-bond donors (Lipinski definition) is 1. The standard InChI is InChI=1S/C16H26N4O/c1-13(2)5-7-19-6-3-4-14(19)11-18-8-9-20-15(12-18)10-17-16(20)21/h3-4,6,13,15H,5,7-12H2,1-2H3,(H,17,21). The first-order valence-corrected chi connectivity index (χ1v) is 8.04. The van der Waals surface area contributed by atoms with Crippen LogP contribution in [0.1, 0.15) is 26.0 Å². The fourth-order valence-corrected chi connectivity index (χ4v) is 3.25. The van der Waals surface area contributed by atoms with Gasteiger partial charge in [0.1, 0.15) is 0 Å². The quantitative estimate of drug-likeness (QED) is 0.897. The molecule has 1 N–H and O–H groups in total. The van der Waals surface area contributed by atoms with Gasteiger partial charge in [0, 0.05) is 51.2 Å². The van der Waals surface area contributed by atoms with E-state index in [1.54, 1.807) is 0 Å². The summed E-state index contributed by atoms with van der Waals surface area (Å²) in [7, 11) is 0. The van der Waals surface area contributed by atoms with Gasteiger partial charge in [0.2, 0.25) is 0 Å². The Morgan fingerprint density at radius 1 is 1.38 bits per heavy atom. The van der Waals surface area contributed by atoms with Crippen molar-refractivity contribution >= 4 is 6.03 Å². The lowest BCUT2D eigenvalue weighted by molar-refractivity contribution is 0.115. The molecule has 5 heteroatoms. The fourth-order valence-electron chi connectivity index (χ4n) is 3.25. The highest BCUT2D eigenvalue weighted by molar-refractivity contribution is 5.77. The first kappa shape index (κ1) is 14.4. The van der Waals surface area contributed by atoms with Gasteiger partial charge in [0.15, 0.2) is 0 Å². The van der Waals surface area contributed by atoms with Gasteiger partial charge in [-0.3, -0.25) is 4.90 Å². The van der Waals surface area contributed by atoms with E-state index < -0.39 is 0 Å². The molecule has 2 saturated heterocycles. The second kappa shape index (κ2) is 6.10. The topological polar surface area (TPSA) is 40.5 Å². The molecule has 0 radical (unpaired) electrons. The van der Waals surface area contributed by atoms with Crippen LogP contribution in [-0.2, 0) is 13.1 Å². The lowest BCUT2D eigenvalue weighted by Gasteiger charge is -2.36. The minimum Gasteiger partial charge on any atom is -0.350 e. The molecule has 0 spiro atoms. The minimum absolute atomic E-state index is 0.111. The number of piperazine rings is 1. The summed E-state index contributed by atoms with van der Waals surface area (Å²) in [5.74, 6) is 0.736. The van der Waals surface area contributed by atoms with Crippen molar-refractivity contribution in [2.75, 3.05) is 26.2 Å². The van der Waals surface area contributed by atoms with E-state index >= 15 is 0 Å². The number of aryl methyl sites for hydroxylation is 1. The van der Waals surface area contributed by atoms with Crippen LogP contribution >= 0.6 is 0 Å². The Labute approximate surface area is 126 Å². The minimum atomic E-state index is 0.111. The van der Waals surface area contributed by atoms with Gasteiger partial charge in [-0.2, -0.15) is 0 Å². The van der Waals surface area contributed by atoms with Gasteiger partial charge in [-0.1, -0.05) is 13.8 Å². The highest BCUT2D eigenvalue weighted by atomic mass is 16.2. The molecule has 116 valence electrons. The van der Waals surface area contributed by atoms with Crippen LogP contribution < -0.4 is 5.32 Å². The van der Waals surface area contributed by atoms with Gasteiger partial charge >= 0.3 is 6.03 Å². The summed E-state index contributed by atoms with van der Waals surface area (Å²) in [6.45, 7) is 10.2. The van der Waals surface area contributed by atoms with Gasteiger partial charge in [0.25, 0.3) is 0 Å². The molecule has 2 aliphatic heterocycles. The van der Waals surface area contributed by atoms with Crippen LogP contribution in [0.2, 0.25) is 0 Å². The number of urea groups is 1. The molecule has 5 nitrogen and oxygen atoms in total. The number of fused-ring (bicyclic) bond motifs is 1. The van der Waals surface area contributed by atoms with E-state index in [2.05, 4.69) is 47.0 Å². The molecule has 1 aromatic rings. The summed E-state index contributed by atoms with van der Waals surface area (Å²) in [5.41, 5.74) is 1.39. The van der Waals surface area contributed by atoms with Crippen molar-refractivity contribution in [3.05, 3.63) is 24.0 Å². The molecule has 3 rings (SSSR count). The molecular formula is C16H26N4O. The summed E-state index contributed by atoms with van der Waals surface area (Å²) in [5, 5.41) is 2.94. The maximum Gasteiger partial charge on any atom is 0.317 e. The molecule has 2 fully saturated rings. The van der Waals surface area contributed by atoms with Crippen LogP contribution in [-0.4, -0.2) is 52.6 Å². The maximum atomic E-state index is 11.6. The molecule has 0 aromatic carbocycles. The highest BCUT2D eigenvalue weighted by Crippen LogP contribution is 2.17. The monoisotopic (exact) mass is 290 g/mol. The number of rotatable bonds is 5. The highest BCUT2D eigenvalue weighted by Gasteiger charge is 2.35. The summed E-state index contributed by atoms with van der Waals surface area (Å²) in [6, 6.07) is 4.84. The Kier molecular flexibility index (Phi) is 4.19. The second-order valence-electron chi connectivity index (χ2n) is 6.64. The van der Waals surface area contributed by atoms with Crippen LogP contribution in [0, 0.1) is 5.92 Å². The number of amides is 2. The smallest absolute Gasteiger partial charge is 0.317 e. The van der Waals surface area contributed by atoms with Crippen molar-refractivity contribution in [1.82, 2.24) is 19.7 Å². The molecule has 2 amide bonds. The van der Waals surface area contributed by atoms with Gasteiger partial charge < -0.3 is 14.8 Å². The van der Waals surface area contributed by atoms with Crippen LogP contribution in [0.3, 0.4) is 0 Å². The first-order chi connectivity index (χ1) is 10.1. The zero-order chi connectivity index (χ0) is 14.8. The predicted molar refractivity (Wildman–Crippen MR) is 83.1 cm³/mol. The summed E-state index contributed by atoms with van der Waals surface area (Å²) >= 11 is 0. The third kappa shape index (κ3) is 3.23. The Balaban J connectivity index is 1.57. The molecule has 1 unspecified atom stereocenters. The van der Waals surface area contributed by atoms with Crippen molar-refractivity contribution in [2.24, 2.45) is 5.92 Å². The number of aromatic nitrogens is 1. The van der Waals surface area contributed by atoms with E-state index in [0.717, 1.165) is 45.2 Å². The van der Waals surface area contributed by atoms with E-state index in [9.17, 15) is 4.79 Å². The normalized spacial score (nSPS) is 22.7. The van der Waals surface area contributed by atoms with E-state index in [-0.39, 0.29) is 6.03 Å². The number of carbonyl (C=O) groups excluding carboxylic acids is 1. The SMILES string of the molecule is CC(C)CCn1cccc1CN1CCN2C(=O)NCC2C1. The summed E-state index contributed by atoms with van der Waals surface area (Å²) in [4.78, 5) is 16.1. The third-order valence-electron chi connectivity index (χ3n) is 4.57. The first-order valence-electron chi connectivity index (χ1n) is 8.04. The largest absolute Gasteiger partial charge is 0.350 e. The Morgan fingerprint density at radius 2 is 2.24 bits per heavy atom. The van der Waals surface area contributed by atoms with E-state index in [1.165, 1.54) is 12.1 Å². The average Bonchev–Trinajstić information content (AvgIpc) is 3.04. The molecule has 0 bridgehead atoms. The predicted octanol–water partition coefficient (Wildman–Crippen LogP) is 1.74. The molecule has 3 heterocycles. The lowest BCUT2D eigenvalue weighted by atomic mass is 10.1. The Bertz CT molecular complexity index is 496. The molecule has 2 aliphatic rings. The maximum absolute atomic E-state index is 11.6. The van der Waals surface area contributed by atoms with E-state index in [0.29, 0.717) is 6.04 Å². The van der Waals surface area contributed by atoms with Crippen molar-refractivity contribution in [3.8, 4) is 0 Å². The number of nitrogens with one attached hydrogen (secondary N) is 1. The second-order valence-corrected chi connectivity index (χ2v) is 6.64. The number of carbonyl (C=O) groups is 1. The van der Waals surface area contributed by atoms with Crippen LogP contribution in [0.5, 0.6) is 0 Å². The molecule has 21 heavy (non-hydrogen) atoms. The van der Waals surface area contributed by atoms with E-state index in [4.69, 9.17) is 0 Å². The Hall–Kier alpha value is -1.49. The van der Waals surface area contributed by atoms with Crippen molar-refractivity contribution in [1.29, 1.82) is 0 Å². The Morgan fingerprint density at radius 3 is 3.05 bits per heavy atom. The van der Waals surface area contributed by atoms with Gasteiger partial charge in [-0.05, 0) is 24.5 Å². The van der Waals surface area contributed by atoms with E-state index in [1.807, 2.05) is 4.90 Å². The average molecular weight is 290 g/mol. The number of nitrogens with zero attached hydrogens (tertiary/aromatic N) is 3. The third-order valence-corrected chi connectivity index (χ3v) is 4.57. The van der Waals surface area contributed by atoms with Crippen LogP contribution in [0.25, 0.3) is 0 Å². The van der Waals surface area contributed by atoms with Gasteiger partial charge in [0.05, 0.1) is 6.04 Å². The van der Waals surface area contributed by atoms with Crippen LogP contribution in [0.15, 0.2) is 18.3 Å². The molecule has 1 atom stereocenters. The lowest BCUT2D eigenvalue weighted by Crippen LogP contribution is -2.51. The van der Waals surface area contributed by atoms with Gasteiger partial charge in [-0.15, -0.1) is 0 Å². The zero-order valence-electron chi connectivity index (χ0n) is 13.1. The van der Waals surface area contributed by atoms with Crippen molar-refractivity contribution in [2.45, 2.75) is 39.4 Å². The molecule has 0 aliphatic carbocycles.